The number of rotatable bonds is 6. The van der Waals surface area contributed by atoms with Crippen molar-refractivity contribution in [2.24, 2.45) is 0 Å². The van der Waals surface area contributed by atoms with Crippen molar-refractivity contribution < 1.29 is 9.59 Å². The molecule has 1 aliphatic carbocycles. The Hall–Kier alpha value is -3.02. The number of carbonyl (C=O) groups excluding carboxylic acids is 2. The SMILES string of the molecule is O=CN1CCCC2(C(=O)N2c2cccc(N3CCCC3)c2)C1c1ccc(NC2CCCC2)cc1. The van der Waals surface area contributed by atoms with Crippen LogP contribution in [0.3, 0.4) is 0 Å². The monoisotopic (exact) mass is 458 g/mol. The second-order valence-electron chi connectivity index (χ2n) is 10.4. The molecule has 2 atom stereocenters. The molecule has 34 heavy (non-hydrogen) atoms. The molecule has 1 N–H and O–H groups in total. The highest BCUT2D eigenvalue weighted by molar-refractivity contribution is 6.21. The first-order valence-electron chi connectivity index (χ1n) is 13.0. The molecule has 4 fully saturated rings. The second-order valence-corrected chi connectivity index (χ2v) is 10.4. The lowest BCUT2D eigenvalue weighted by atomic mass is 9.83. The fourth-order valence-electron chi connectivity index (χ4n) is 6.60. The molecule has 2 unspecified atom stereocenters. The molecule has 4 aliphatic rings. The van der Waals surface area contributed by atoms with Crippen LogP contribution in [-0.4, -0.2) is 48.4 Å². The van der Waals surface area contributed by atoms with Gasteiger partial charge in [-0.05, 0) is 74.4 Å². The van der Waals surface area contributed by atoms with E-state index in [0.29, 0.717) is 12.6 Å². The lowest BCUT2D eigenvalue weighted by Crippen LogP contribution is -2.45. The van der Waals surface area contributed by atoms with Crippen LogP contribution in [0.5, 0.6) is 0 Å². The average molecular weight is 459 g/mol. The molecule has 0 aromatic heterocycles. The van der Waals surface area contributed by atoms with Gasteiger partial charge in [-0.15, -0.1) is 0 Å². The van der Waals surface area contributed by atoms with E-state index in [1.54, 1.807) is 0 Å². The van der Waals surface area contributed by atoms with E-state index in [0.717, 1.165) is 49.3 Å². The lowest BCUT2D eigenvalue weighted by Gasteiger charge is -2.39. The number of piperidine rings is 1. The molecule has 3 aliphatic heterocycles. The number of likely N-dealkylation sites (tertiary alicyclic amines) is 1. The normalized spacial score (nSPS) is 27.0. The molecule has 3 saturated heterocycles. The zero-order valence-corrected chi connectivity index (χ0v) is 19.8. The average Bonchev–Trinajstić information content (AvgIpc) is 3.36. The first-order valence-corrected chi connectivity index (χ1v) is 13.0. The number of hydrogen-bond donors (Lipinski definition) is 1. The Labute approximate surface area is 201 Å². The van der Waals surface area contributed by atoms with Crippen molar-refractivity contribution in [3.63, 3.8) is 0 Å². The molecule has 6 nitrogen and oxygen atoms in total. The largest absolute Gasteiger partial charge is 0.382 e. The zero-order valence-electron chi connectivity index (χ0n) is 19.8. The Kier molecular flexibility index (Phi) is 5.47. The highest BCUT2D eigenvalue weighted by Crippen LogP contribution is 2.55. The van der Waals surface area contributed by atoms with Crippen LogP contribution in [0.25, 0.3) is 0 Å². The molecule has 0 bridgehead atoms. The Balaban J connectivity index is 1.30. The summed E-state index contributed by atoms with van der Waals surface area (Å²) in [6.45, 7) is 2.84. The van der Waals surface area contributed by atoms with E-state index in [4.69, 9.17) is 0 Å². The van der Waals surface area contributed by atoms with E-state index in [9.17, 15) is 9.59 Å². The zero-order chi connectivity index (χ0) is 23.1. The van der Waals surface area contributed by atoms with E-state index in [1.807, 2.05) is 15.9 Å². The van der Waals surface area contributed by atoms with Crippen molar-refractivity contribution in [2.75, 3.05) is 34.8 Å². The molecular formula is C28H34N4O2. The predicted octanol–water partition coefficient (Wildman–Crippen LogP) is 4.72. The minimum Gasteiger partial charge on any atom is -0.382 e. The predicted molar refractivity (Wildman–Crippen MR) is 135 cm³/mol. The van der Waals surface area contributed by atoms with Gasteiger partial charge in [-0.2, -0.15) is 0 Å². The molecule has 6 rings (SSSR count). The van der Waals surface area contributed by atoms with Gasteiger partial charge in [0, 0.05) is 42.7 Å². The molecule has 3 heterocycles. The summed E-state index contributed by atoms with van der Waals surface area (Å²) in [5, 5.41) is 3.64. The van der Waals surface area contributed by atoms with Gasteiger partial charge >= 0.3 is 0 Å². The number of anilines is 3. The first-order chi connectivity index (χ1) is 16.7. The first kappa shape index (κ1) is 21.5. The van der Waals surface area contributed by atoms with Gasteiger partial charge in [0.15, 0.2) is 5.54 Å². The van der Waals surface area contributed by atoms with Crippen molar-refractivity contribution in [1.82, 2.24) is 4.90 Å². The molecule has 178 valence electrons. The molecule has 2 aromatic carbocycles. The molecule has 0 radical (unpaired) electrons. The summed E-state index contributed by atoms with van der Waals surface area (Å²) < 4.78 is 0. The van der Waals surface area contributed by atoms with Crippen molar-refractivity contribution in [3.05, 3.63) is 54.1 Å². The minimum atomic E-state index is -0.664. The topological polar surface area (TPSA) is 55.7 Å². The van der Waals surface area contributed by atoms with Crippen LogP contribution in [0.1, 0.15) is 63.0 Å². The van der Waals surface area contributed by atoms with Gasteiger partial charge in [-0.25, -0.2) is 0 Å². The molecule has 2 aromatic rings. The molecule has 1 spiro atoms. The Bertz CT molecular complexity index is 1060. The maximum atomic E-state index is 13.5. The van der Waals surface area contributed by atoms with Crippen LogP contribution in [0, 0.1) is 0 Å². The fraction of sp³-hybridized carbons (Fsp3) is 0.500. The van der Waals surface area contributed by atoms with Crippen molar-refractivity contribution in [3.8, 4) is 0 Å². The van der Waals surface area contributed by atoms with Crippen molar-refractivity contribution in [1.29, 1.82) is 0 Å². The lowest BCUT2D eigenvalue weighted by molar-refractivity contribution is -0.123. The van der Waals surface area contributed by atoms with Gasteiger partial charge in [0.1, 0.15) is 0 Å². The molecule has 6 heteroatoms. The van der Waals surface area contributed by atoms with Crippen LogP contribution < -0.4 is 15.1 Å². The second kappa shape index (κ2) is 8.64. The van der Waals surface area contributed by atoms with E-state index in [2.05, 4.69) is 52.7 Å². The summed E-state index contributed by atoms with van der Waals surface area (Å²) in [5.41, 5.74) is 3.63. The van der Waals surface area contributed by atoms with Gasteiger partial charge in [0.05, 0.1) is 6.04 Å². The minimum absolute atomic E-state index is 0.135. The van der Waals surface area contributed by atoms with Gasteiger partial charge in [-0.1, -0.05) is 31.0 Å². The maximum Gasteiger partial charge on any atom is 0.256 e. The summed E-state index contributed by atoms with van der Waals surface area (Å²) in [4.78, 5) is 31.8. The molecule has 1 saturated carbocycles. The van der Waals surface area contributed by atoms with Gasteiger partial charge < -0.3 is 15.1 Å². The van der Waals surface area contributed by atoms with Crippen molar-refractivity contribution >= 4 is 29.4 Å². The number of carbonyl (C=O) groups is 2. The van der Waals surface area contributed by atoms with E-state index in [1.165, 1.54) is 44.2 Å². The van der Waals surface area contributed by atoms with E-state index >= 15 is 0 Å². The summed E-state index contributed by atoms with van der Waals surface area (Å²) in [7, 11) is 0. The molecular weight excluding hydrogens is 424 g/mol. The van der Waals surface area contributed by atoms with Gasteiger partial charge in [0.25, 0.3) is 5.91 Å². The standard InChI is InChI=1S/C28H34N4O2/c33-20-31-18-6-15-28(26(31)21-11-13-23(14-12-21)29-22-7-1-2-8-22)27(34)32(28)25-10-5-9-24(19-25)30-16-3-4-17-30/h5,9-14,19-20,22,26,29H,1-4,6-8,15-18H2. The number of nitrogens with one attached hydrogen (secondary N) is 1. The quantitative estimate of drug-likeness (QED) is 0.503. The van der Waals surface area contributed by atoms with Crippen LogP contribution >= 0.6 is 0 Å². The number of benzene rings is 2. The smallest absolute Gasteiger partial charge is 0.256 e. The van der Waals surface area contributed by atoms with Crippen LogP contribution in [0.4, 0.5) is 17.1 Å². The number of amides is 2. The van der Waals surface area contributed by atoms with Crippen LogP contribution in [0.2, 0.25) is 0 Å². The number of hydrogen-bond acceptors (Lipinski definition) is 4. The fourth-order valence-corrected chi connectivity index (χ4v) is 6.60. The van der Waals surface area contributed by atoms with E-state index < -0.39 is 5.54 Å². The summed E-state index contributed by atoms with van der Waals surface area (Å²) >= 11 is 0. The van der Waals surface area contributed by atoms with Gasteiger partial charge in [0.2, 0.25) is 6.41 Å². The Morgan fingerprint density at radius 1 is 0.882 bits per heavy atom. The third kappa shape index (κ3) is 3.55. The third-order valence-corrected chi connectivity index (χ3v) is 8.33. The Morgan fingerprint density at radius 3 is 2.35 bits per heavy atom. The summed E-state index contributed by atoms with van der Waals surface area (Å²) in [6, 6.07) is 17.1. The number of nitrogens with zero attached hydrogens (tertiary/aromatic N) is 3. The van der Waals surface area contributed by atoms with Crippen LogP contribution in [-0.2, 0) is 9.59 Å². The Morgan fingerprint density at radius 2 is 1.62 bits per heavy atom. The summed E-state index contributed by atoms with van der Waals surface area (Å²) in [6.07, 6.45) is 10.0. The molecule has 2 amide bonds. The van der Waals surface area contributed by atoms with Gasteiger partial charge in [-0.3, -0.25) is 14.5 Å². The van der Waals surface area contributed by atoms with Crippen molar-refractivity contribution in [2.45, 2.75) is 69.0 Å². The van der Waals surface area contributed by atoms with Crippen LogP contribution in [0.15, 0.2) is 48.5 Å². The summed E-state index contributed by atoms with van der Waals surface area (Å²) in [5.74, 6) is 0.135. The highest BCUT2D eigenvalue weighted by atomic mass is 16.2. The third-order valence-electron chi connectivity index (χ3n) is 8.33. The maximum absolute atomic E-state index is 13.5. The highest BCUT2D eigenvalue weighted by Gasteiger charge is 2.69. The van der Waals surface area contributed by atoms with E-state index in [-0.39, 0.29) is 11.9 Å².